The smallest absolute Gasteiger partial charge is 0.220 e. The minimum Gasteiger partial charge on any atom is -0.491 e. The van der Waals surface area contributed by atoms with Crippen LogP contribution in [0.5, 0.6) is 5.75 Å². The lowest BCUT2D eigenvalue weighted by Crippen LogP contribution is -2.19. The van der Waals surface area contributed by atoms with Crippen molar-refractivity contribution in [1.29, 1.82) is 0 Å². The van der Waals surface area contributed by atoms with E-state index in [-0.39, 0.29) is 12.3 Å². The standard InChI is InChI=1S/C13H18N2O2S/c14-13(16)5-7-17-12-4-2-1-3-11(12)15-10-6-8-18-9-10/h1-4,10,15H,5-9H2,(H2,14,16). The SMILES string of the molecule is NC(=O)CCOc1ccccc1NC1CCSC1. The van der Waals surface area contributed by atoms with E-state index in [1.807, 2.05) is 36.0 Å². The zero-order chi connectivity index (χ0) is 12.8. The third-order valence-electron chi connectivity index (χ3n) is 2.78. The molecule has 5 heteroatoms. The number of nitrogens with one attached hydrogen (secondary N) is 1. The van der Waals surface area contributed by atoms with E-state index in [0.717, 1.165) is 17.2 Å². The second-order valence-corrected chi connectivity index (χ2v) is 5.42. The largest absolute Gasteiger partial charge is 0.491 e. The number of rotatable bonds is 6. The van der Waals surface area contributed by atoms with Crippen LogP contribution in [-0.4, -0.2) is 30.1 Å². The van der Waals surface area contributed by atoms with Gasteiger partial charge in [-0.1, -0.05) is 12.1 Å². The molecule has 1 amide bonds. The third kappa shape index (κ3) is 3.84. The Morgan fingerprint density at radius 3 is 3.06 bits per heavy atom. The highest BCUT2D eigenvalue weighted by molar-refractivity contribution is 7.99. The van der Waals surface area contributed by atoms with Crippen LogP contribution >= 0.6 is 11.8 Å². The Balaban J connectivity index is 1.93. The molecule has 1 aliphatic rings. The average molecular weight is 266 g/mol. The maximum atomic E-state index is 10.7. The molecule has 1 atom stereocenters. The fraction of sp³-hybridized carbons (Fsp3) is 0.462. The van der Waals surface area contributed by atoms with Crippen LogP contribution in [-0.2, 0) is 4.79 Å². The summed E-state index contributed by atoms with van der Waals surface area (Å²) in [5, 5.41) is 3.49. The molecule has 1 aromatic carbocycles. The average Bonchev–Trinajstić information content (AvgIpc) is 2.84. The molecule has 18 heavy (non-hydrogen) atoms. The summed E-state index contributed by atoms with van der Waals surface area (Å²) in [4.78, 5) is 10.7. The Hall–Kier alpha value is -1.36. The van der Waals surface area contributed by atoms with Crippen LogP contribution in [0.2, 0.25) is 0 Å². The first-order chi connectivity index (χ1) is 8.75. The zero-order valence-corrected chi connectivity index (χ0v) is 11.0. The van der Waals surface area contributed by atoms with Crippen molar-refractivity contribution in [2.75, 3.05) is 23.4 Å². The van der Waals surface area contributed by atoms with Gasteiger partial charge in [0.15, 0.2) is 0 Å². The monoisotopic (exact) mass is 266 g/mol. The van der Waals surface area contributed by atoms with Crippen molar-refractivity contribution in [1.82, 2.24) is 0 Å². The lowest BCUT2D eigenvalue weighted by atomic mass is 10.2. The number of thioether (sulfide) groups is 1. The lowest BCUT2D eigenvalue weighted by Gasteiger charge is -2.16. The first-order valence-corrected chi connectivity index (χ1v) is 7.25. The number of ether oxygens (including phenoxy) is 1. The van der Waals surface area contributed by atoms with Gasteiger partial charge in [-0.3, -0.25) is 4.79 Å². The maximum absolute atomic E-state index is 10.7. The fourth-order valence-electron chi connectivity index (χ4n) is 1.84. The molecule has 0 bridgehead atoms. The quantitative estimate of drug-likeness (QED) is 0.825. The van der Waals surface area contributed by atoms with Crippen LogP contribution in [0.1, 0.15) is 12.8 Å². The van der Waals surface area contributed by atoms with Gasteiger partial charge in [-0.2, -0.15) is 11.8 Å². The van der Waals surface area contributed by atoms with Crippen LogP contribution in [0.3, 0.4) is 0 Å². The van der Waals surface area contributed by atoms with E-state index < -0.39 is 0 Å². The minimum atomic E-state index is -0.340. The number of carbonyl (C=O) groups excluding carboxylic acids is 1. The van der Waals surface area contributed by atoms with E-state index in [2.05, 4.69) is 5.32 Å². The molecular weight excluding hydrogens is 248 g/mol. The number of benzene rings is 1. The second kappa shape index (κ2) is 6.54. The maximum Gasteiger partial charge on any atom is 0.220 e. The summed E-state index contributed by atoms with van der Waals surface area (Å²) < 4.78 is 5.59. The number of carbonyl (C=O) groups is 1. The molecule has 1 fully saturated rings. The summed E-state index contributed by atoms with van der Waals surface area (Å²) in [5.41, 5.74) is 6.08. The number of anilines is 1. The van der Waals surface area contributed by atoms with Crippen molar-refractivity contribution >= 4 is 23.4 Å². The Morgan fingerprint density at radius 2 is 2.33 bits per heavy atom. The van der Waals surface area contributed by atoms with Gasteiger partial charge >= 0.3 is 0 Å². The van der Waals surface area contributed by atoms with Crippen LogP contribution in [0, 0.1) is 0 Å². The Bertz CT molecular complexity index is 406. The predicted molar refractivity (Wildman–Crippen MR) is 75.1 cm³/mol. The van der Waals surface area contributed by atoms with Crippen LogP contribution in [0.4, 0.5) is 5.69 Å². The summed E-state index contributed by atoms with van der Waals surface area (Å²) in [5.74, 6) is 2.79. The van der Waals surface area contributed by atoms with E-state index in [4.69, 9.17) is 10.5 Å². The molecule has 2 rings (SSSR count). The molecule has 0 radical (unpaired) electrons. The van der Waals surface area contributed by atoms with Gasteiger partial charge in [0.05, 0.1) is 18.7 Å². The molecule has 0 aliphatic carbocycles. The molecular formula is C13H18N2O2S. The van der Waals surface area contributed by atoms with Gasteiger partial charge in [0, 0.05) is 11.8 Å². The predicted octanol–water partition coefficient (Wildman–Crippen LogP) is 1.86. The highest BCUT2D eigenvalue weighted by atomic mass is 32.2. The first-order valence-electron chi connectivity index (χ1n) is 6.10. The zero-order valence-electron chi connectivity index (χ0n) is 10.2. The molecule has 0 saturated carbocycles. The molecule has 0 aromatic heterocycles. The van der Waals surface area contributed by atoms with Crippen molar-refractivity contribution in [3.05, 3.63) is 24.3 Å². The van der Waals surface area contributed by atoms with Crippen molar-refractivity contribution in [2.45, 2.75) is 18.9 Å². The van der Waals surface area contributed by atoms with Crippen LogP contribution in [0.15, 0.2) is 24.3 Å². The van der Waals surface area contributed by atoms with Gasteiger partial charge in [0.25, 0.3) is 0 Å². The second-order valence-electron chi connectivity index (χ2n) is 4.27. The number of para-hydroxylation sites is 2. The molecule has 1 unspecified atom stereocenters. The Morgan fingerprint density at radius 1 is 1.50 bits per heavy atom. The van der Waals surface area contributed by atoms with Crippen molar-refractivity contribution in [3.8, 4) is 5.75 Å². The van der Waals surface area contributed by atoms with Gasteiger partial charge in [0.2, 0.25) is 5.91 Å². The summed E-state index contributed by atoms with van der Waals surface area (Å²) in [7, 11) is 0. The fourth-order valence-corrected chi connectivity index (χ4v) is 2.99. The van der Waals surface area contributed by atoms with E-state index in [9.17, 15) is 4.79 Å². The summed E-state index contributed by atoms with van der Waals surface area (Å²) in [6, 6.07) is 8.32. The number of primary amides is 1. The molecule has 98 valence electrons. The van der Waals surface area contributed by atoms with Gasteiger partial charge in [-0.15, -0.1) is 0 Å². The van der Waals surface area contributed by atoms with E-state index in [0.29, 0.717) is 12.6 Å². The van der Waals surface area contributed by atoms with Crippen molar-refractivity contribution in [3.63, 3.8) is 0 Å². The highest BCUT2D eigenvalue weighted by Gasteiger charge is 2.16. The molecule has 4 nitrogen and oxygen atoms in total. The molecule has 1 aliphatic heterocycles. The Labute approximate surface area is 111 Å². The first kappa shape index (κ1) is 13.1. The molecule has 3 N–H and O–H groups in total. The normalized spacial score (nSPS) is 18.6. The molecule has 1 aromatic rings. The topological polar surface area (TPSA) is 64.4 Å². The number of amides is 1. The summed E-state index contributed by atoms with van der Waals surface area (Å²) >= 11 is 1.96. The number of hydrogen-bond acceptors (Lipinski definition) is 4. The molecule has 1 saturated heterocycles. The van der Waals surface area contributed by atoms with Crippen LogP contribution < -0.4 is 15.8 Å². The summed E-state index contributed by atoms with van der Waals surface area (Å²) in [6.45, 7) is 0.327. The Kier molecular flexibility index (Phi) is 4.75. The number of nitrogens with two attached hydrogens (primary N) is 1. The minimum absolute atomic E-state index is 0.244. The van der Waals surface area contributed by atoms with Crippen molar-refractivity contribution in [2.24, 2.45) is 5.73 Å². The van der Waals surface area contributed by atoms with E-state index in [1.54, 1.807) is 0 Å². The third-order valence-corrected chi connectivity index (χ3v) is 3.94. The van der Waals surface area contributed by atoms with Gasteiger partial charge in [0.1, 0.15) is 5.75 Å². The summed E-state index contributed by atoms with van der Waals surface area (Å²) in [6.07, 6.45) is 1.42. The van der Waals surface area contributed by atoms with Crippen LogP contribution in [0.25, 0.3) is 0 Å². The van der Waals surface area contributed by atoms with E-state index >= 15 is 0 Å². The highest BCUT2D eigenvalue weighted by Crippen LogP contribution is 2.28. The van der Waals surface area contributed by atoms with Gasteiger partial charge in [-0.25, -0.2) is 0 Å². The van der Waals surface area contributed by atoms with Gasteiger partial charge < -0.3 is 15.8 Å². The van der Waals surface area contributed by atoms with Crippen molar-refractivity contribution < 1.29 is 9.53 Å². The lowest BCUT2D eigenvalue weighted by molar-refractivity contribution is -0.118. The number of hydrogen-bond donors (Lipinski definition) is 2. The van der Waals surface area contributed by atoms with Gasteiger partial charge in [-0.05, 0) is 24.3 Å². The molecule has 1 heterocycles. The van der Waals surface area contributed by atoms with E-state index in [1.165, 1.54) is 12.2 Å². The molecule has 0 spiro atoms.